The van der Waals surface area contributed by atoms with Crippen molar-refractivity contribution in [3.05, 3.63) is 58.4 Å². The molecule has 1 aromatic rings. The highest BCUT2D eigenvalue weighted by Gasteiger charge is 2.24. The van der Waals surface area contributed by atoms with Crippen LogP contribution in [0.25, 0.3) is 0 Å². The predicted molar refractivity (Wildman–Crippen MR) is 118 cm³/mol. The summed E-state index contributed by atoms with van der Waals surface area (Å²) in [5, 5.41) is 10.6. The Balaban J connectivity index is 1.59. The van der Waals surface area contributed by atoms with E-state index in [1.54, 1.807) is 17.8 Å². The second kappa shape index (κ2) is 11.4. The molecule has 5 heteroatoms. The summed E-state index contributed by atoms with van der Waals surface area (Å²) >= 11 is 1.66. The number of thioether (sulfide) groups is 1. The van der Waals surface area contributed by atoms with E-state index in [1.165, 1.54) is 57.1 Å². The Morgan fingerprint density at radius 3 is 2.48 bits per heavy atom. The number of aryl methyl sites for hydroxylation is 1. The Hall–Kier alpha value is -1.75. The van der Waals surface area contributed by atoms with Crippen molar-refractivity contribution in [2.75, 3.05) is 18.8 Å². The minimum Gasteiger partial charge on any atom is -0.478 e. The molecular formula is C24H32FNO2S. The molecule has 2 aliphatic rings. The lowest BCUT2D eigenvalue weighted by molar-refractivity contribution is -0.132. The van der Waals surface area contributed by atoms with Crippen LogP contribution in [0.2, 0.25) is 0 Å². The van der Waals surface area contributed by atoms with Gasteiger partial charge in [-0.2, -0.15) is 0 Å². The van der Waals surface area contributed by atoms with Crippen molar-refractivity contribution in [1.82, 2.24) is 4.90 Å². The number of hydrogen-bond donors (Lipinski definition) is 1. The van der Waals surface area contributed by atoms with Gasteiger partial charge in [0.15, 0.2) is 0 Å². The third kappa shape index (κ3) is 6.91. The molecule has 1 saturated carbocycles. The van der Waals surface area contributed by atoms with Crippen molar-refractivity contribution in [2.24, 2.45) is 5.92 Å². The van der Waals surface area contributed by atoms with Gasteiger partial charge in [0, 0.05) is 13.1 Å². The summed E-state index contributed by atoms with van der Waals surface area (Å²) in [6.45, 7) is 1.76. The van der Waals surface area contributed by atoms with Crippen LogP contribution < -0.4 is 0 Å². The average Bonchev–Trinajstić information content (AvgIpc) is 2.69. The van der Waals surface area contributed by atoms with E-state index >= 15 is 0 Å². The maximum Gasteiger partial charge on any atom is 0.338 e. The zero-order chi connectivity index (χ0) is 20.5. The van der Waals surface area contributed by atoms with Gasteiger partial charge in [-0.25, -0.2) is 9.18 Å². The van der Waals surface area contributed by atoms with E-state index in [2.05, 4.69) is 4.90 Å². The summed E-state index contributed by atoms with van der Waals surface area (Å²) < 4.78 is 13.0. The number of carbonyl (C=O) groups is 1. The predicted octanol–water partition coefficient (Wildman–Crippen LogP) is 6.02. The van der Waals surface area contributed by atoms with E-state index in [-0.39, 0.29) is 5.82 Å². The van der Waals surface area contributed by atoms with Crippen molar-refractivity contribution in [2.45, 2.75) is 57.8 Å². The quantitative estimate of drug-likeness (QED) is 0.525. The molecule has 0 radical (unpaired) electrons. The lowest BCUT2D eigenvalue weighted by atomic mass is 9.90. The molecule has 3 rings (SSSR count). The summed E-state index contributed by atoms with van der Waals surface area (Å²) in [6.07, 6.45) is 14.7. The number of halogens is 1. The molecule has 0 spiro atoms. The number of nitrogens with zero attached hydrogens (tertiary/aromatic N) is 1. The molecule has 29 heavy (non-hydrogen) atoms. The van der Waals surface area contributed by atoms with Crippen LogP contribution in [0.1, 0.15) is 56.9 Å². The normalized spacial score (nSPS) is 18.6. The molecule has 1 heterocycles. The Labute approximate surface area is 178 Å². The molecule has 0 atom stereocenters. The Morgan fingerprint density at radius 2 is 1.79 bits per heavy atom. The average molecular weight is 418 g/mol. The fourth-order valence-corrected chi connectivity index (χ4v) is 5.37. The number of carboxylic acid groups (broad SMARTS) is 1. The minimum absolute atomic E-state index is 0.210. The molecular weight excluding hydrogens is 385 g/mol. The first-order valence-electron chi connectivity index (χ1n) is 10.9. The summed E-state index contributed by atoms with van der Waals surface area (Å²) in [4.78, 5) is 14.1. The third-order valence-electron chi connectivity index (χ3n) is 5.82. The number of rotatable bonds is 8. The summed E-state index contributed by atoms with van der Waals surface area (Å²) in [6, 6.07) is 6.64. The highest BCUT2D eigenvalue weighted by Crippen LogP contribution is 2.32. The van der Waals surface area contributed by atoms with Gasteiger partial charge < -0.3 is 10.0 Å². The first-order chi connectivity index (χ1) is 14.1. The molecule has 0 unspecified atom stereocenters. The largest absolute Gasteiger partial charge is 0.478 e. The highest BCUT2D eigenvalue weighted by atomic mass is 32.2. The first-order valence-corrected chi connectivity index (χ1v) is 11.9. The van der Waals surface area contributed by atoms with E-state index in [9.17, 15) is 14.3 Å². The van der Waals surface area contributed by atoms with Gasteiger partial charge in [-0.05, 0) is 61.1 Å². The third-order valence-corrected chi connectivity index (χ3v) is 7.07. The van der Waals surface area contributed by atoms with Gasteiger partial charge in [-0.3, -0.25) is 0 Å². The van der Waals surface area contributed by atoms with Crippen LogP contribution >= 0.6 is 11.8 Å². The SMILES string of the molecule is O=C(O)C1=C(SCCCc2ccc(F)cc2)N(CC2CCCCCCC2)CC=C1. The molecule has 1 N–H and O–H groups in total. The highest BCUT2D eigenvalue weighted by molar-refractivity contribution is 8.03. The summed E-state index contributed by atoms with van der Waals surface area (Å²) in [5.74, 6) is 0.466. The Kier molecular flexibility index (Phi) is 8.66. The zero-order valence-electron chi connectivity index (χ0n) is 17.1. The number of carboxylic acids is 1. The molecule has 158 valence electrons. The Bertz CT molecular complexity index is 721. The fourth-order valence-electron chi connectivity index (χ4n) is 4.24. The lowest BCUT2D eigenvalue weighted by Gasteiger charge is -2.33. The molecule has 3 nitrogen and oxygen atoms in total. The van der Waals surface area contributed by atoms with Gasteiger partial charge in [0.25, 0.3) is 0 Å². The van der Waals surface area contributed by atoms with Crippen LogP contribution in [-0.2, 0) is 11.2 Å². The van der Waals surface area contributed by atoms with Crippen molar-refractivity contribution in [3.8, 4) is 0 Å². The molecule has 0 saturated heterocycles. The van der Waals surface area contributed by atoms with Crippen molar-refractivity contribution in [3.63, 3.8) is 0 Å². The minimum atomic E-state index is -0.843. The number of hydrogen-bond acceptors (Lipinski definition) is 3. The maximum absolute atomic E-state index is 13.0. The van der Waals surface area contributed by atoms with Crippen molar-refractivity contribution in [1.29, 1.82) is 0 Å². The molecule has 0 bridgehead atoms. The summed E-state index contributed by atoms with van der Waals surface area (Å²) in [7, 11) is 0. The number of benzene rings is 1. The summed E-state index contributed by atoms with van der Waals surface area (Å²) in [5.41, 5.74) is 1.54. The fraction of sp³-hybridized carbons (Fsp3) is 0.542. The van der Waals surface area contributed by atoms with Crippen LogP contribution in [-0.4, -0.2) is 34.8 Å². The van der Waals surface area contributed by atoms with Crippen molar-refractivity contribution < 1.29 is 14.3 Å². The Morgan fingerprint density at radius 1 is 1.10 bits per heavy atom. The van der Waals surface area contributed by atoms with Gasteiger partial charge in [-0.1, -0.05) is 50.3 Å². The van der Waals surface area contributed by atoms with E-state index < -0.39 is 5.97 Å². The van der Waals surface area contributed by atoms with E-state index in [4.69, 9.17) is 0 Å². The second-order valence-electron chi connectivity index (χ2n) is 8.12. The molecule has 0 amide bonds. The van der Waals surface area contributed by atoms with Gasteiger partial charge in [0.1, 0.15) is 5.82 Å². The van der Waals surface area contributed by atoms with Gasteiger partial charge in [0.2, 0.25) is 0 Å². The smallest absolute Gasteiger partial charge is 0.338 e. The number of aliphatic carboxylic acids is 1. The van der Waals surface area contributed by atoms with Crippen LogP contribution in [0.4, 0.5) is 4.39 Å². The molecule has 1 aliphatic carbocycles. The van der Waals surface area contributed by atoms with E-state index in [1.807, 2.05) is 18.2 Å². The van der Waals surface area contributed by atoms with Gasteiger partial charge >= 0.3 is 5.97 Å². The standard InChI is InChI=1S/C24H32FNO2S/c25-21-14-12-19(13-15-21)10-7-17-29-23-22(24(27)28)11-6-16-26(23)18-20-8-4-2-1-3-5-9-20/h6,11-15,20H,1-5,7-10,16-18H2,(H,27,28). The van der Waals surface area contributed by atoms with E-state index in [0.29, 0.717) is 11.5 Å². The van der Waals surface area contributed by atoms with Crippen LogP contribution in [0.3, 0.4) is 0 Å². The van der Waals surface area contributed by atoms with Gasteiger partial charge in [-0.15, -0.1) is 11.8 Å². The first kappa shape index (κ1) is 21.9. The lowest BCUT2D eigenvalue weighted by Crippen LogP contribution is -2.32. The maximum atomic E-state index is 13.0. The van der Waals surface area contributed by atoms with Crippen LogP contribution in [0, 0.1) is 11.7 Å². The van der Waals surface area contributed by atoms with Crippen molar-refractivity contribution >= 4 is 17.7 Å². The molecule has 1 aliphatic heterocycles. The van der Waals surface area contributed by atoms with Gasteiger partial charge in [0.05, 0.1) is 10.6 Å². The van der Waals surface area contributed by atoms with Crippen LogP contribution in [0.5, 0.6) is 0 Å². The zero-order valence-corrected chi connectivity index (χ0v) is 17.9. The molecule has 1 aromatic carbocycles. The van der Waals surface area contributed by atoms with Crippen LogP contribution in [0.15, 0.2) is 47.0 Å². The molecule has 1 fully saturated rings. The monoisotopic (exact) mass is 417 g/mol. The topological polar surface area (TPSA) is 40.5 Å². The second-order valence-corrected chi connectivity index (χ2v) is 9.20. The van der Waals surface area contributed by atoms with E-state index in [0.717, 1.165) is 42.3 Å². The molecule has 0 aromatic heterocycles.